The Kier molecular flexibility index (Phi) is 3.68. The van der Waals surface area contributed by atoms with E-state index >= 15 is 0 Å². The molecule has 1 amide bonds. The molecule has 0 unspecified atom stereocenters. The second-order valence-electron chi connectivity index (χ2n) is 5.29. The molecule has 1 saturated carbocycles. The lowest BCUT2D eigenvalue weighted by Gasteiger charge is -2.13. The summed E-state index contributed by atoms with van der Waals surface area (Å²) in [7, 11) is 0. The molecule has 1 aromatic carbocycles. The molecular formula is C15H13BrN2O3. The molecule has 0 saturated heterocycles. The van der Waals surface area contributed by atoms with E-state index in [0.717, 1.165) is 22.9 Å². The van der Waals surface area contributed by atoms with Crippen LogP contribution in [0.5, 0.6) is 5.75 Å². The molecule has 2 atom stereocenters. The fraction of sp³-hybridized carbons (Fsp3) is 0.400. The highest BCUT2D eigenvalue weighted by Gasteiger charge is 2.39. The molecule has 1 aliphatic heterocycles. The van der Waals surface area contributed by atoms with Crippen LogP contribution in [0.25, 0.3) is 0 Å². The van der Waals surface area contributed by atoms with E-state index in [9.17, 15) is 14.9 Å². The first kappa shape index (κ1) is 14.1. The third-order valence-electron chi connectivity index (χ3n) is 3.70. The molecule has 5 nitrogen and oxygen atoms in total. The van der Waals surface area contributed by atoms with Crippen LogP contribution in [0.3, 0.4) is 0 Å². The van der Waals surface area contributed by atoms with E-state index in [4.69, 9.17) is 4.74 Å². The van der Waals surface area contributed by atoms with Gasteiger partial charge in [-0.05, 0) is 31.0 Å². The first-order chi connectivity index (χ1) is 10.1. The Morgan fingerprint density at radius 3 is 2.86 bits per heavy atom. The summed E-state index contributed by atoms with van der Waals surface area (Å²) in [5.41, 5.74) is 0.730. The van der Waals surface area contributed by atoms with Gasteiger partial charge in [0.05, 0.1) is 12.0 Å². The smallest absolute Gasteiger partial charge is 0.245 e. The maximum atomic E-state index is 12.5. The lowest BCUT2D eigenvalue weighted by Crippen LogP contribution is -2.38. The number of Topliss-reactive ketones (excluding diaryl/α,β-unsaturated/α-hetero) is 1. The molecule has 0 aromatic heterocycles. The highest BCUT2D eigenvalue weighted by Crippen LogP contribution is 2.37. The second kappa shape index (κ2) is 5.49. The number of nitrogens with one attached hydrogen (secondary N) is 1. The molecule has 1 N–H and O–H groups in total. The highest BCUT2D eigenvalue weighted by atomic mass is 79.9. The van der Waals surface area contributed by atoms with Crippen LogP contribution in [0.15, 0.2) is 22.7 Å². The van der Waals surface area contributed by atoms with Crippen molar-refractivity contribution >= 4 is 27.6 Å². The van der Waals surface area contributed by atoms with E-state index in [-0.39, 0.29) is 12.6 Å². The normalized spacial score (nSPS) is 20.9. The SMILES string of the molecule is N#C[C@H](C(=O)NC1CC1)C(=O)[C@H]1COc2ccc(Br)cc21. The van der Waals surface area contributed by atoms with Crippen LogP contribution < -0.4 is 10.1 Å². The summed E-state index contributed by atoms with van der Waals surface area (Å²) in [5, 5.41) is 11.9. The summed E-state index contributed by atoms with van der Waals surface area (Å²) in [6.45, 7) is 0.180. The maximum Gasteiger partial charge on any atom is 0.245 e. The third-order valence-corrected chi connectivity index (χ3v) is 4.19. The molecular weight excluding hydrogens is 336 g/mol. The number of nitrogens with zero attached hydrogens (tertiary/aromatic N) is 1. The zero-order valence-electron chi connectivity index (χ0n) is 11.1. The molecule has 2 aliphatic rings. The van der Waals surface area contributed by atoms with Crippen molar-refractivity contribution in [3.63, 3.8) is 0 Å². The zero-order chi connectivity index (χ0) is 15.0. The number of rotatable bonds is 4. The predicted molar refractivity (Wildman–Crippen MR) is 77.7 cm³/mol. The van der Waals surface area contributed by atoms with Gasteiger partial charge in [-0.1, -0.05) is 15.9 Å². The van der Waals surface area contributed by atoms with Crippen LogP contribution in [0.1, 0.15) is 24.3 Å². The maximum absolute atomic E-state index is 12.5. The first-order valence-corrected chi connectivity index (χ1v) is 7.55. The summed E-state index contributed by atoms with van der Waals surface area (Å²) >= 11 is 3.35. The largest absolute Gasteiger partial charge is 0.492 e. The number of benzene rings is 1. The van der Waals surface area contributed by atoms with Crippen LogP contribution in [0.4, 0.5) is 0 Å². The van der Waals surface area contributed by atoms with Crippen molar-refractivity contribution in [1.82, 2.24) is 5.32 Å². The third kappa shape index (κ3) is 2.79. The fourth-order valence-electron chi connectivity index (χ4n) is 2.39. The minimum absolute atomic E-state index is 0.127. The Labute approximate surface area is 130 Å². The topological polar surface area (TPSA) is 79.2 Å². The van der Waals surface area contributed by atoms with Crippen molar-refractivity contribution in [2.75, 3.05) is 6.61 Å². The predicted octanol–water partition coefficient (Wildman–Crippen LogP) is 1.91. The van der Waals surface area contributed by atoms with Crippen molar-refractivity contribution in [2.24, 2.45) is 5.92 Å². The number of fused-ring (bicyclic) bond motifs is 1. The zero-order valence-corrected chi connectivity index (χ0v) is 12.7. The van der Waals surface area contributed by atoms with E-state index in [1.165, 1.54) is 0 Å². The highest BCUT2D eigenvalue weighted by molar-refractivity contribution is 9.10. The number of ketones is 1. The van der Waals surface area contributed by atoms with Gasteiger partial charge >= 0.3 is 0 Å². The number of halogens is 1. The van der Waals surface area contributed by atoms with Gasteiger partial charge in [0.25, 0.3) is 0 Å². The van der Waals surface area contributed by atoms with Gasteiger partial charge in [-0.15, -0.1) is 0 Å². The Morgan fingerprint density at radius 1 is 1.43 bits per heavy atom. The lowest BCUT2D eigenvalue weighted by atomic mass is 9.89. The average Bonchev–Trinajstić information content (AvgIpc) is 3.16. The van der Waals surface area contributed by atoms with Gasteiger partial charge in [-0.2, -0.15) is 5.26 Å². The van der Waals surface area contributed by atoms with E-state index in [0.29, 0.717) is 5.75 Å². The monoisotopic (exact) mass is 348 g/mol. The van der Waals surface area contributed by atoms with Crippen LogP contribution in [0.2, 0.25) is 0 Å². The quantitative estimate of drug-likeness (QED) is 0.843. The molecule has 1 fully saturated rings. The molecule has 1 heterocycles. The summed E-state index contributed by atoms with van der Waals surface area (Å²) < 4.78 is 6.31. The number of hydrogen-bond donors (Lipinski definition) is 1. The van der Waals surface area contributed by atoms with Crippen molar-refractivity contribution in [1.29, 1.82) is 5.26 Å². The van der Waals surface area contributed by atoms with Gasteiger partial charge in [-0.3, -0.25) is 9.59 Å². The molecule has 1 aliphatic carbocycles. The average molecular weight is 349 g/mol. The van der Waals surface area contributed by atoms with Gasteiger partial charge in [0.15, 0.2) is 11.7 Å². The van der Waals surface area contributed by atoms with Crippen LogP contribution in [-0.4, -0.2) is 24.3 Å². The van der Waals surface area contributed by atoms with Crippen LogP contribution in [0, 0.1) is 17.2 Å². The Balaban J connectivity index is 1.80. The van der Waals surface area contributed by atoms with Crippen LogP contribution in [-0.2, 0) is 9.59 Å². The molecule has 0 radical (unpaired) electrons. The molecule has 1 aromatic rings. The minimum Gasteiger partial charge on any atom is -0.492 e. The number of carbonyl (C=O) groups excluding carboxylic acids is 2. The molecule has 108 valence electrons. The van der Waals surface area contributed by atoms with E-state index in [2.05, 4.69) is 21.2 Å². The summed E-state index contributed by atoms with van der Waals surface area (Å²) in [4.78, 5) is 24.5. The summed E-state index contributed by atoms with van der Waals surface area (Å²) in [6.07, 6.45) is 1.83. The number of amides is 1. The Bertz CT molecular complexity index is 649. The van der Waals surface area contributed by atoms with Gasteiger partial charge in [0.2, 0.25) is 5.91 Å². The number of carbonyl (C=O) groups is 2. The lowest BCUT2D eigenvalue weighted by molar-refractivity contribution is -0.132. The number of hydrogen-bond acceptors (Lipinski definition) is 4. The fourth-order valence-corrected chi connectivity index (χ4v) is 2.76. The van der Waals surface area contributed by atoms with Crippen molar-refractivity contribution in [3.8, 4) is 11.8 Å². The number of nitriles is 1. The van der Waals surface area contributed by atoms with Crippen molar-refractivity contribution < 1.29 is 14.3 Å². The summed E-state index contributed by atoms with van der Waals surface area (Å²) in [6, 6.07) is 7.36. The molecule has 6 heteroatoms. The molecule has 3 rings (SSSR count). The van der Waals surface area contributed by atoms with E-state index in [1.807, 2.05) is 12.1 Å². The van der Waals surface area contributed by atoms with Crippen molar-refractivity contribution in [3.05, 3.63) is 28.2 Å². The second-order valence-corrected chi connectivity index (χ2v) is 6.21. The summed E-state index contributed by atoms with van der Waals surface area (Å²) in [5.74, 6) is -2.09. The molecule has 0 bridgehead atoms. The van der Waals surface area contributed by atoms with Crippen molar-refractivity contribution in [2.45, 2.75) is 24.8 Å². The molecule has 0 spiro atoms. The van der Waals surface area contributed by atoms with Gasteiger partial charge in [0.1, 0.15) is 12.4 Å². The van der Waals surface area contributed by atoms with Crippen LogP contribution >= 0.6 is 15.9 Å². The van der Waals surface area contributed by atoms with Gasteiger partial charge in [-0.25, -0.2) is 0 Å². The Hall–Kier alpha value is -1.87. The van der Waals surface area contributed by atoms with E-state index < -0.39 is 23.5 Å². The first-order valence-electron chi connectivity index (χ1n) is 6.76. The van der Waals surface area contributed by atoms with Gasteiger partial charge < -0.3 is 10.1 Å². The Morgan fingerprint density at radius 2 is 2.19 bits per heavy atom. The molecule has 21 heavy (non-hydrogen) atoms. The number of ether oxygens (including phenoxy) is 1. The standard InChI is InChI=1S/C15H13BrN2O3/c16-8-1-4-13-10(5-8)12(7-21-13)14(19)11(6-17)15(20)18-9-2-3-9/h1,4-5,9,11-12H,2-3,7H2,(H,18,20)/t11-,12-/m0/s1. The van der Waals surface area contributed by atoms with Gasteiger partial charge in [0, 0.05) is 16.1 Å². The minimum atomic E-state index is -1.27. The van der Waals surface area contributed by atoms with E-state index in [1.54, 1.807) is 12.1 Å².